The predicted molar refractivity (Wildman–Crippen MR) is 104 cm³/mol. The van der Waals surface area contributed by atoms with E-state index in [0.29, 0.717) is 30.8 Å². The lowest BCUT2D eigenvalue weighted by Gasteiger charge is -2.38. The summed E-state index contributed by atoms with van der Waals surface area (Å²) in [4.78, 5) is 32.0. The van der Waals surface area contributed by atoms with Crippen molar-refractivity contribution in [1.29, 1.82) is 0 Å². The van der Waals surface area contributed by atoms with Gasteiger partial charge in [0.25, 0.3) is 11.8 Å². The number of rotatable bonds is 2. The van der Waals surface area contributed by atoms with Crippen LogP contribution < -0.4 is 5.32 Å². The summed E-state index contributed by atoms with van der Waals surface area (Å²) in [6.45, 7) is 6.81. The molecule has 27 heavy (non-hydrogen) atoms. The first-order chi connectivity index (χ1) is 12.9. The van der Waals surface area contributed by atoms with Gasteiger partial charge in [0.2, 0.25) is 0 Å². The summed E-state index contributed by atoms with van der Waals surface area (Å²) in [7, 11) is 0. The van der Waals surface area contributed by atoms with E-state index in [0.717, 1.165) is 21.8 Å². The highest BCUT2D eigenvalue weighted by atomic mass is 32.1. The van der Waals surface area contributed by atoms with Crippen LogP contribution in [0, 0.1) is 13.8 Å². The molecule has 1 N–H and O–H groups in total. The second-order valence-corrected chi connectivity index (χ2v) is 8.28. The predicted octanol–water partition coefficient (Wildman–Crippen LogP) is 2.89. The number of benzene rings is 1. The minimum Gasteiger partial charge on any atom is -0.343 e. The van der Waals surface area contributed by atoms with E-state index in [-0.39, 0.29) is 11.8 Å². The number of aryl methyl sites for hydroxylation is 2. The second kappa shape index (κ2) is 6.73. The Labute approximate surface area is 162 Å². The first-order valence-electron chi connectivity index (χ1n) is 9.21. The van der Waals surface area contributed by atoms with Crippen LogP contribution in [0.2, 0.25) is 0 Å². The van der Waals surface area contributed by atoms with Gasteiger partial charge in [0.05, 0.1) is 5.69 Å². The van der Waals surface area contributed by atoms with Crippen LogP contribution in [0.25, 0.3) is 10.6 Å². The molecule has 3 heterocycles. The quantitative estimate of drug-likeness (QED) is 0.863. The van der Waals surface area contributed by atoms with Gasteiger partial charge in [-0.15, -0.1) is 11.3 Å². The summed E-state index contributed by atoms with van der Waals surface area (Å²) in [5, 5.41) is 3.83. The van der Waals surface area contributed by atoms with Crippen LogP contribution in [-0.2, 0) is 9.53 Å². The molecule has 2 aliphatic rings. The van der Waals surface area contributed by atoms with Crippen molar-refractivity contribution >= 4 is 23.2 Å². The van der Waals surface area contributed by atoms with Gasteiger partial charge >= 0.3 is 0 Å². The molecule has 2 aromatic rings. The minimum atomic E-state index is -0.609. The largest absolute Gasteiger partial charge is 0.343 e. The monoisotopic (exact) mass is 385 g/mol. The molecule has 2 amide bonds. The third kappa shape index (κ3) is 3.26. The van der Waals surface area contributed by atoms with Crippen LogP contribution in [0.3, 0.4) is 0 Å². The summed E-state index contributed by atoms with van der Waals surface area (Å²) in [5.41, 5.74) is 2.37. The zero-order valence-corrected chi connectivity index (χ0v) is 16.6. The Morgan fingerprint density at radius 1 is 1.30 bits per heavy atom. The Hall–Kier alpha value is -2.25. The molecule has 6 nitrogen and oxygen atoms in total. The normalized spacial score (nSPS) is 21.5. The summed E-state index contributed by atoms with van der Waals surface area (Å²) >= 11 is 1.45. The van der Waals surface area contributed by atoms with Gasteiger partial charge in [0.15, 0.2) is 0 Å². The van der Waals surface area contributed by atoms with E-state index in [1.807, 2.05) is 30.0 Å². The number of likely N-dealkylation sites (tertiary alicyclic amines) is 1. The van der Waals surface area contributed by atoms with Crippen molar-refractivity contribution < 1.29 is 14.3 Å². The number of aromatic nitrogens is 1. The minimum absolute atomic E-state index is 0.0112. The Kier molecular flexibility index (Phi) is 4.52. The SMILES string of the molecule is Cc1ccccc1-c1nc(C)c(C(=O)N2CCC3(CC2)NC(=O)C(C)O3)s1. The van der Waals surface area contributed by atoms with E-state index in [4.69, 9.17) is 4.74 Å². The lowest BCUT2D eigenvalue weighted by molar-refractivity contribution is -0.123. The van der Waals surface area contributed by atoms with E-state index in [1.54, 1.807) is 6.92 Å². The van der Waals surface area contributed by atoms with E-state index in [2.05, 4.69) is 23.3 Å². The molecule has 2 saturated heterocycles. The fourth-order valence-corrected chi connectivity index (χ4v) is 4.85. The van der Waals surface area contributed by atoms with Crippen molar-refractivity contribution in [1.82, 2.24) is 15.2 Å². The highest BCUT2D eigenvalue weighted by molar-refractivity contribution is 7.17. The van der Waals surface area contributed by atoms with Crippen LogP contribution in [0.5, 0.6) is 0 Å². The molecule has 2 aliphatic heterocycles. The van der Waals surface area contributed by atoms with Crippen LogP contribution in [0.1, 0.15) is 40.7 Å². The number of piperidine rings is 1. The van der Waals surface area contributed by atoms with Gasteiger partial charge in [0, 0.05) is 31.5 Å². The van der Waals surface area contributed by atoms with Crippen molar-refractivity contribution in [3.8, 4) is 10.6 Å². The maximum Gasteiger partial charge on any atom is 0.265 e. The fraction of sp³-hybridized carbons (Fsp3) is 0.450. The molecule has 4 rings (SSSR count). The van der Waals surface area contributed by atoms with Gasteiger partial charge in [-0.25, -0.2) is 4.98 Å². The molecule has 2 fully saturated rings. The lowest BCUT2D eigenvalue weighted by Crippen LogP contribution is -2.53. The van der Waals surface area contributed by atoms with Gasteiger partial charge in [-0.05, 0) is 26.3 Å². The van der Waals surface area contributed by atoms with Crippen molar-refractivity contribution in [2.45, 2.75) is 45.4 Å². The third-order valence-corrected chi connectivity index (χ3v) is 6.53. The maximum atomic E-state index is 13.1. The molecule has 0 saturated carbocycles. The summed E-state index contributed by atoms with van der Waals surface area (Å²) in [6.07, 6.45) is 0.793. The Morgan fingerprint density at radius 3 is 2.63 bits per heavy atom. The Morgan fingerprint density at radius 2 is 2.00 bits per heavy atom. The van der Waals surface area contributed by atoms with E-state index in [1.165, 1.54) is 11.3 Å². The standard InChI is InChI=1S/C20H23N3O3S/c1-12-6-4-5-7-15(12)18-21-13(2)16(27-18)19(25)23-10-8-20(9-11-23)22-17(24)14(3)26-20/h4-7,14H,8-11H2,1-3H3,(H,22,24). The number of hydrogen-bond donors (Lipinski definition) is 1. The van der Waals surface area contributed by atoms with Crippen molar-refractivity contribution in [2.75, 3.05) is 13.1 Å². The van der Waals surface area contributed by atoms with E-state index >= 15 is 0 Å². The molecule has 0 aliphatic carbocycles. The number of carbonyl (C=O) groups is 2. The van der Waals surface area contributed by atoms with Crippen molar-refractivity contribution in [3.63, 3.8) is 0 Å². The first kappa shape index (κ1) is 18.1. The molecular weight excluding hydrogens is 362 g/mol. The highest BCUT2D eigenvalue weighted by Crippen LogP contribution is 2.33. The van der Waals surface area contributed by atoms with Gasteiger partial charge in [0.1, 0.15) is 21.7 Å². The molecule has 0 radical (unpaired) electrons. The topological polar surface area (TPSA) is 71.5 Å². The molecule has 1 atom stereocenters. The van der Waals surface area contributed by atoms with Crippen LogP contribution in [-0.4, -0.2) is 46.6 Å². The number of hydrogen-bond acceptors (Lipinski definition) is 5. The first-order valence-corrected chi connectivity index (χ1v) is 10.0. The van der Waals surface area contributed by atoms with Crippen molar-refractivity contribution in [3.05, 3.63) is 40.4 Å². The zero-order chi connectivity index (χ0) is 19.2. The van der Waals surface area contributed by atoms with Gasteiger partial charge < -0.3 is 15.0 Å². The molecule has 1 unspecified atom stereocenters. The maximum absolute atomic E-state index is 13.1. The summed E-state index contributed by atoms with van der Waals surface area (Å²) in [5.74, 6) is -0.0620. The molecule has 1 aromatic heterocycles. The fourth-order valence-electron chi connectivity index (χ4n) is 3.73. The molecule has 1 spiro atoms. The molecule has 0 bridgehead atoms. The van der Waals surface area contributed by atoms with E-state index < -0.39 is 11.8 Å². The number of carbonyl (C=O) groups excluding carboxylic acids is 2. The summed E-state index contributed by atoms with van der Waals surface area (Å²) < 4.78 is 5.83. The van der Waals surface area contributed by atoms with Crippen LogP contribution in [0.4, 0.5) is 0 Å². The number of ether oxygens (including phenoxy) is 1. The van der Waals surface area contributed by atoms with E-state index in [9.17, 15) is 9.59 Å². The van der Waals surface area contributed by atoms with Gasteiger partial charge in [-0.2, -0.15) is 0 Å². The average molecular weight is 385 g/mol. The molecule has 1 aromatic carbocycles. The number of thiazole rings is 1. The molecule has 142 valence electrons. The lowest BCUT2D eigenvalue weighted by atomic mass is 10.0. The smallest absolute Gasteiger partial charge is 0.265 e. The van der Waals surface area contributed by atoms with Crippen LogP contribution in [0.15, 0.2) is 24.3 Å². The molecular formula is C20H23N3O3S. The zero-order valence-electron chi connectivity index (χ0n) is 15.7. The number of amides is 2. The average Bonchev–Trinajstić information content (AvgIpc) is 3.15. The second-order valence-electron chi connectivity index (χ2n) is 7.28. The number of nitrogens with zero attached hydrogens (tertiary/aromatic N) is 2. The Balaban J connectivity index is 1.50. The number of nitrogens with one attached hydrogen (secondary N) is 1. The molecule has 7 heteroatoms. The van der Waals surface area contributed by atoms with Crippen LogP contribution >= 0.6 is 11.3 Å². The summed E-state index contributed by atoms with van der Waals surface area (Å²) in [6, 6.07) is 8.07. The Bertz CT molecular complexity index is 900. The van der Waals surface area contributed by atoms with Crippen molar-refractivity contribution in [2.24, 2.45) is 0 Å². The van der Waals surface area contributed by atoms with Gasteiger partial charge in [-0.1, -0.05) is 24.3 Å². The third-order valence-electron chi connectivity index (χ3n) is 5.35. The van der Waals surface area contributed by atoms with Gasteiger partial charge in [-0.3, -0.25) is 9.59 Å². The highest BCUT2D eigenvalue weighted by Gasteiger charge is 2.46.